The Morgan fingerprint density at radius 3 is 2.00 bits per heavy atom. The van der Waals surface area contributed by atoms with E-state index in [0.29, 0.717) is 0 Å². The zero-order chi connectivity index (χ0) is 8.43. The number of rotatable bonds is 2. The standard InChI is InChI=1S/C6H11FO4/c7-1-3-5(9)6(10)4(2-8)11-3/h3-6,8-10H,1-2H2. The molecule has 1 aliphatic heterocycles. The number of hydrogen-bond donors (Lipinski definition) is 3. The summed E-state index contributed by atoms with van der Waals surface area (Å²) in [6, 6.07) is 0. The average Bonchev–Trinajstić information content (AvgIpc) is 2.30. The first-order chi connectivity index (χ1) is 5.20. The van der Waals surface area contributed by atoms with Gasteiger partial charge < -0.3 is 20.1 Å². The van der Waals surface area contributed by atoms with Crippen LogP contribution in [0.5, 0.6) is 0 Å². The van der Waals surface area contributed by atoms with Gasteiger partial charge in [-0.2, -0.15) is 0 Å². The van der Waals surface area contributed by atoms with E-state index in [9.17, 15) is 4.39 Å². The van der Waals surface area contributed by atoms with E-state index in [1.165, 1.54) is 0 Å². The zero-order valence-electron chi connectivity index (χ0n) is 5.85. The van der Waals surface area contributed by atoms with Gasteiger partial charge in [-0.1, -0.05) is 0 Å². The lowest BCUT2D eigenvalue weighted by Gasteiger charge is -2.10. The van der Waals surface area contributed by atoms with Crippen LogP contribution in [0.4, 0.5) is 4.39 Å². The maximum atomic E-state index is 12.0. The fourth-order valence-corrected chi connectivity index (χ4v) is 1.10. The zero-order valence-corrected chi connectivity index (χ0v) is 5.85. The van der Waals surface area contributed by atoms with Crippen molar-refractivity contribution in [2.75, 3.05) is 13.3 Å². The minimum absolute atomic E-state index is 0.408. The molecule has 11 heavy (non-hydrogen) atoms. The van der Waals surface area contributed by atoms with Crippen LogP contribution in [0, 0.1) is 0 Å². The van der Waals surface area contributed by atoms with Gasteiger partial charge in [-0.05, 0) is 0 Å². The summed E-state index contributed by atoms with van der Waals surface area (Å²) in [5.41, 5.74) is 0. The molecule has 0 bridgehead atoms. The highest BCUT2D eigenvalue weighted by molar-refractivity contribution is 4.89. The van der Waals surface area contributed by atoms with E-state index >= 15 is 0 Å². The Labute approximate surface area is 63.2 Å². The molecule has 0 aliphatic carbocycles. The molecule has 1 rings (SSSR count). The SMILES string of the molecule is OCC1OC(CF)C(O)C1O. The molecule has 66 valence electrons. The number of alkyl halides is 1. The number of hydrogen-bond acceptors (Lipinski definition) is 4. The summed E-state index contributed by atoms with van der Waals surface area (Å²) in [4.78, 5) is 0. The van der Waals surface area contributed by atoms with Gasteiger partial charge in [0.05, 0.1) is 6.61 Å². The van der Waals surface area contributed by atoms with E-state index in [1.807, 2.05) is 0 Å². The summed E-state index contributed by atoms with van der Waals surface area (Å²) in [6.45, 7) is -1.26. The molecule has 1 saturated heterocycles. The molecule has 0 aromatic rings. The first-order valence-electron chi connectivity index (χ1n) is 3.39. The van der Waals surface area contributed by atoms with Gasteiger partial charge >= 0.3 is 0 Å². The van der Waals surface area contributed by atoms with E-state index in [0.717, 1.165) is 0 Å². The third kappa shape index (κ3) is 1.51. The van der Waals surface area contributed by atoms with Crippen molar-refractivity contribution in [3.05, 3.63) is 0 Å². The highest BCUT2D eigenvalue weighted by atomic mass is 19.1. The van der Waals surface area contributed by atoms with Crippen molar-refractivity contribution < 1.29 is 24.4 Å². The molecule has 0 aromatic heterocycles. The Kier molecular flexibility index (Phi) is 2.78. The largest absolute Gasteiger partial charge is 0.394 e. The Bertz CT molecular complexity index is 114. The molecule has 5 heteroatoms. The van der Waals surface area contributed by atoms with Crippen LogP contribution in [0.15, 0.2) is 0 Å². The molecule has 1 heterocycles. The maximum Gasteiger partial charge on any atom is 0.118 e. The normalized spacial score (nSPS) is 44.7. The lowest BCUT2D eigenvalue weighted by atomic mass is 10.1. The fourth-order valence-electron chi connectivity index (χ4n) is 1.10. The van der Waals surface area contributed by atoms with Crippen molar-refractivity contribution in [3.8, 4) is 0 Å². The van der Waals surface area contributed by atoms with Crippen LogP contribution >= 0.6 is 0 Å². The predicted octanol–water partition coefficient (Wildman–Crippen LogP) is -1.56. The summed E-state index contributed by atoms with van der Waals surface area (Å²) in [5.74, 6) is 0. The molecule has 0 amide bonds. The summed E-state index contributed by atoms with van der Waals surface area (Å²) >= 11 is 0. The quantitative estimate of drug-likeness (QED) is 0.464. The molecular formula is C6H11FO4. The molecule has 4 atom stereocenters. The number of aliphatic hydroxyl groups is 3. The van der Waals surface area contributed by atoms with Crippen LogP contribution in [0.25, 0.3) is 0 Å². The number of halogens is 1. The number of ether oxygens (including phenoxy) is 1. The van der Waals surface area contributed by atoms with E-state index in [-0.39, 0.29) is 0 Å². The Hall–Kier alpha value is -0.230. The maximum absolute atomic E-state index is 12.0. The molecule has 4 unspecified atom stereocenters. The molecule has 0 aromatic carbocycles. The van der Waals surface area contributed by atoms with E-state index in [2.05, 4.69) is 0 Å². The lowest BCUT2D eigenvalue weighted by molar-refractivity contribution is -0.0282. The number of aliphatic hydroxyl groups excluding tert-OH is 3. The molecule has 1 aliphatic rings. The van der Waals surface area contributed by atoms with Gasteiger partial charge in [0.1, 0.15) is 31.1 Å². The fraction of sp³-hybridized carbons (Fsp3) is 1.00. The summed E-state index contributed by atoms with van der Waals surface area (Å²) < 4.78 is 16.7. The summed E-state index contributed by atoms with van der Waals surface area (Å²) in [5, 5.41) is 26.6. The molecule has 0 radical (unpaired) electrons. The van der Waals surface area contributed by atoms with Crippen LogP contribution < -0.4 is 0 Å². The molecule has 0 saturated carbocycles. The molecule has 4 nitrogen and oxygen atoms in total. The summed E-state index contributed by atoms with van der Waals surface area (Å²) in [7, 11) is 0. The van der Waals surface area contributed by atoms with E-state index in [4.69, 9.17) is 20.1 Å². The van der Waals surface area contributed by atoms with Gasteiger partial charge in [-0.25, -0.2) is 4.39 Å². The highest BCUT2D eigenvalue weighted by Gasteiger charge is 2.41. The van der Waals surface area contributed by atoms with Crippen molar-refractivity contribution in [1.82, 2.24) is 0 Å². The molecule has 1 fully saturated rings. The minimum Gasteiger partial charge on any atom is -0.394 e. The van der Waals surface area contributed by atoms with Crippen LogP contribution in [-0.2, 0) is 4.74 Å². The predicted molar refractivity (Wildman–Crippen MR) is 33.7 cm³/mol. The van der Waals surface area contributed by atoms with Crippen LogP contribution in [0.3, 0.4) is 0 Å². The Morgan fingerprint density at radius 2 is 1.73 bits per heavy atom. The van der Waals surface area contributed by atoms with Crippen molar-refractivity contribution in [2.45, 2.75) is 24.4 Å². The van der Waals surface area contributed by atoms with Gasteiger partial charge in [-0.3, -0.25) is 0 Å². The van der Waals surface area contributed by atoms with Crippen molar-refractivity contribution in [3.63, 3.8) is 0 Å². The third-order valence-corrected chi connectivity index (χ3v) is 1.79. The monoisotopic (exact) mass is 166 g/mol. The van der Waals surface area contributed by atoms with Crippen LogP contribution in [0.2, 0.25) is 0 Å². The van der Waals surface area contributed by atoms with Crippen LogP contribution in [-0.4, -0.2) is 53.0 Å². The minimum atomic E-state index is -1.22. The van der Waals surface area contributed by atoms with Crippen molar-refractivity contribution in [2.24, 2.45) is 0 Å². The molecular weight excluding hydrogens is 155 g/mol. The second-order valence-corrected chi connectivity index (χ2v) is 2.53. The van der Waals surface area contributed by atoms with Crippen molar-refractivity contribution >= 4 is 0 Å². The van der Waals surface area contributed by atoms with E-state index in [1.54, 1.807) is 0 Å². The van der Waals surface area contributed by atoms with Gasteiger partial charge in [-0.15, -0.1) is 0 Å². The third-order valence-electron chi connectivity index (χ3n) is 1.79. The van der Waals surface area contributed by atoms with Crippen molar-refractivity contribution in [1.29, 1.82) is 0 Å². The second-order valence-electron chi connectivity index (χ2n) is 2.53. The summed E-state index contributed by atoms with van der Waals surface area (Å²) in [6.07, 6.45) is -4.26. The Morgan fingerprint density at radius 1 is 1.18 bits per heavy atom. The highest BCUT2D eigenvalue weighted by Crippen LogP contribution is 2.20. The second kappa shape index (κ2) is 3.44. The van der Waals surface area contributed by atoms with E-state index < -0.39 is 37.7 Å². The van der Waals surface area contributed by atoms with Gasteiger partial charge in [0.2, 0.25) is 0 Å². The van der Waals surface area contributed by atoms with Gasteiger partial charge in [0.25, 0.3) is 0 Å². The average molecular weight is 166 g/mol. The first kappa shape index (κ1) is 8.86. The van der Waals surface area contributed by atoms with Gasteiger partial charge in [0.15, 0.2) is 0 Å². The lowest BCUT2D eigenvalue weighted by Crippen LogP contribution is -2.34. The topological polar surface area (TPSA) is 69.9 Å². The molecule has 0 spiro atoms. The molecule has 3 N–H and O–H groups in total. The first-order valence-corrected chi connectivity index (χ1v) is 3.39. The Balaban J connectivity index is 2.53. The van der Waals surface area contributed by atoms with Crippen LogP contribution in [0.1, 0.15) is 0 Å². The van der Waals surface area contributed by atoms with Gasteiger partial charge in [0, 0.05) is 0 Å². The smallest absolute Gasteiger partial charge is 0.118 e.